The van der Waals surface area contributed by atoms with Crippen LogP contribution in [0.3, 0.4) is 0 Å². The third-order valence-electron chi connectivity index (χ3n) is 2.58. The van der Waals surface area contributed by atoms with E-state index in [0.29, 0.717) is 26.1 Å². The largest absolute Gasteiger partial charge is 0.379 e. The van der Waals surface area contributed by atoms with Crippen LogP contribution in [0.25, 0.3) is 0 Å². The summed E-state index contributed by atoms with van der Waals surface area (Å²) in [5.41, 5.74) is 0. The molecule has 1 atom stereocenters. The van der Waals surface area contributed by atoms with E-state index in [1.807, 2.05) is 0 Å². The molecule has 88 valence electrons. The van der Waals surface area contributed by atoms with Gasteiger partial charge in [0.1, 0.15) is 6.79 Å². The maximum absolute atomic E-state index is 5.41. The maximum atomic E-state index is 5.41. The molecule has 0 aromatic rings. The second-order valence-electron chi connectivity index (χ2n) is 4.20. The first-order valence-corrected chi connectivity index (χ1v) is 5.80. The smallest absolute Gasteiger partial charge is 0.146 e. The molecule has 15 heavy (non-hydrogen) atoms. The highest BCUT2D eigenvalue weighted by Crippen LogP contribution is 2.28. The lowest BCUT2D eigenvalue weighted by atomic mass is 10.4. The van der Waals surface area contributed by atoms with Gasteiger partial charge in [0.2, 0.25) is 0 Å². The molecule has 0 aromatic carbocycles. The molecule has 1 unspecified atom stereocenters. The Hall–Kier alpha value is -0.160. The van der Waals surface area contributed by atoms with Crippen LogP contribution in [0.5, 0.6) is 0 Å². The van der Waals surface area contributed by atoms with Gasteiger partial charge in [0.05, 0.1) is 32.5 Å². The van der Waals surface area contributed by atoms with E-state index in [1.165, 1.54) is 12.8 Å². The second-order valence-corrected chi connectivity index (χ2v) is 4.20. The van der Waals surface area contributed by atoms with Gasteiger partial charge in [0, 0.05) is 6.61 Å². The standard InChI is InChI=1S/C11H20O4/c1-2-10(1)7-12-5-6-14-9-13-4-3-11-8-15-11/h10-11H,1-9H2. The molecule has 1 saturated heterocycles. The molecular weight excluding hydrogens is 196 g/mol. The van der Waals surface area contributed by atoms with Crippen LogP contribution < -0.4 is 0 Å². The third-order valence-corrected chi connectivity index (χ3v) is 2.58. The number of hydrogen-bond acceptors (Lipinski definition) is 4. The van der Waals surface area contributed by atoms with Crippen LogP contribution >= 0.6 is 0 Å². The molecule has 2 fully saturated rings. The maximum Gasteiger partial charge on any atom is 0.146 e. The molecule has 0 N–H and O–H groups in total. The van der Waals surface area contributed by atoms with Crippen LogP contribution in [-0.4, -0.2) is 45.9 Å². The summed E-state index contributed by atoms with van der Waals surface area (Å²) in [5, 5.41) is 0. The van der Waals surface area contributed by atoms with Gasteiger partial charge in [0.25, 0.3) is 0 Å². The Morgan fingerprint density at radius 2 is 1.73 bits per heavy atom. The van der Waals surface area contributed by atoms with Gasteiger partial charge in [-0.05, 0) is 25.2 Å². The average Bonchev–Trinajstić information content (AvgIpc) is 3.10. The number of rotatable bonds is 10. The molecule has 1 saturated carbocycles. The molecule has 4 nitrogen and oxygen atoms in total. The molecule has 4 heteroatoms. The predicted molar refractivity (Wildman–Crippen MR) is 54.7 cm³/mol. The summed E-state index contributed by atoms with van der Waals surface area (Å²) < 4.78 is 21.0. The van der Waals surface area contributed by atoms with Crippen molar-refractivity contribution in [2.75, 3.05) is 39.8 Å². The first-order chi connectivity index (χ1) is 7.45. The lowest BCUT2D eigenvalue weighted by Crippen LogP contribution is -2.09. The Balaban J connectivity index is 1.23. The van der Waals surface area contributed by atoms with E-state index >= 15 is 0 Å². The van der Waals surface area contributed by atoms with Crippen molar-refractivity contribution in [2.24, 2.45) is 5.92 Å². The summed E-state index contributed by atoms with van der Waals surface area (Å²) >= 11 is 0. The van der Waals surface area contributed by atoms with Gasteiger partial charge in [-0.1, -0.05) is 0 Å². The van der Waals surface area contributed by atoms with Crippen LogP contribution in [0.2, 0.25) is 0 Å². The minimum absolute atomic E-state index is 0.375. The monoisotopic (exact) mass is 216 g/mol. The van der Waals surface area contributed by atoms with Gasteiger partial charge < -0.3 is 18.9 Å². The third kappa shape index (κ3) is 6.10. The molecule has 2 rings (SSSR count). The number of ether oxygens (including phenoxy) is 4. The zero-order valence-electron chi connectivity index (χ0n) is 9.15. The van der Waals surface area contributed by atoms with Gasteiger partial charge in [-0.2, -0.15) is 0 Å². The summed E-state index contributed by atoms with van der Waals surface area (Å²) in [4.78, 5) is 0. The van der Waals surface area contributed by atoms with Crippen molar-refractivity contribution in [3.8, 4) is 0 Å². The second kappa shape index (κ2) is 6.43. The van der Waals surface area contributed by atoms with Crippen molar-refractivity contribution in [1.82, 2.24) is 0 Å². The summed E-state index contributed by atoms with van der Waals surface area (Å²) in [5.74, 6) is 0.833. The first kappa shape index (κ1) is 11.3. The Labute approximate surface area is 90.8 Å². The van der Waals surface area contributed by atoms with Crippen LogP contribution in [-0.2, 0) is 18.9 Å². The molecule has 0 bridgehead atoms. The molecule has 1 aliphatic carbocycles. The van der Waals surface area contributed by atoms with Crippen molar-refractivity contribution in [2.45, 2.75) is 25.4 Å². The molecule has 0 radical (unpaired) electrons. The highest BCUT2D eigenvalue weighted by Gasteiger charge is 2.21. The van der Waals surface area contributed by atoms with E-state index in [4.69, 9.17) is 18.9 Å². The molecule has 1 aliphatic heterocycles. The summed E-state index contributed by atoms with van der Waals surface area (Å²) in [6, 6.07) is 0. The normalized spacial score (nSPS) is 24.4. The summed E-state index contributed by atoms with van der Waals surface area (Å²) in [7, 11) is 0. The molecular formula is C11H20O4. The van der Waals surface area contributed by atoms with E-state index in [1.54, 1.807) is 0 Å². The van der Waals surface area contributed by atoms with Crippen LogP contribution in [0, 0.1) is 5.92 Å². The molecule has 0 spiro atoms. The molecule has 0 amide bonds. The van der Waals surface area contributed by atoms with Gasteiger partial charge in [-0.3, -0.25) is 0 Å². The minimum atomic E-state index is 0.375. The zero-order chi connectivity index (χ0) is 10.3. The van der Waals surface area contributed by atoms with Crippen LogP contribution in [0.4, 0.5) is 0 Å². The van der Waals surface area contributed by atoms with Crippen molar-refractivity contribution in [3.05, 3.63) is 0 Å². The highest BCUT2D eigenvalue weighted by molar-refractivity contribution is 4.71. The fourth-order valence-corrected chi connectivity index (χ4v) is 1.28. The Kier molecular flexibility index (Phi) is 4.86. The molecule has 1 heterocycles. The Bertz CT molecular complexity index is 148. The van der Waals surface area contributed by atoms with E-state index in [9.17, 15) is 0 Å². The van der Waals surface area contributed by atoms with Gasteiger partial charge in [0.15, 0.2) is 0 Å². The summed E-state index contributed by atoms with van der Waals surface area (Å²) in [6.45, 7) is 4.23. The van der Waals surface area contributed by atoms with E-state index in [2.05, 4.69) is 0 Å². The van der Waals surface area contributed by atoms with Crippen molar-refractivity contribution in [1.29, 1.82) is 0 Å². The van der Waals surface area contributed by atoms with Gasteiger partial charge in [-0.15, -0.1) is 0 Å². The fourth-order valence-electron chi connectivity index (χ4n) is 1.28. The van der Waals surface area contributed by atoms with E-state index < -0.39 is 0 Å². The first-order valence-electron chi connectivity index (χ1n) is 5.80. The SMILES string of the molecule is C(COCC1CC1)OCOCCC1CO1. The quantitative estimate of drug-likeness (QED) is 0.312. The topological polar surface area (TPSA) is 40.2 Å². The average molecular weight is 216 g/mol. The number of hydrogen-bond donors (Lipinski definition) is 0. The summed E-state index contributed by atoms with van der Waals surface area (Å²) in [6.07, 6.45) is 4.12. The zero-order valence-corrected chi connectivity index (χ0v) is 9.15. The van der Waals surface area contributed by atoms with Crippen molar-refractivity contribution >= 4 is 0 Å². The Morgan fingerprint density at radius 1 is 1.00 bits per heavy atom. The highest BCUT2D eigenvalue weighted by atomic mass is 16.7. The number of epoxide rings is 1. The van der Waals surface area contributed by atoms with Gasteiger partial charge >= 0.3 is 0 Å². The van der Waals surface area contributed by atoms with Crippen molar-refractivity contribution < 1.29 is 18.9 Å². The van der Waals surface area contributed by atoms with E-state index in [0.717, 1.165) is 32.2 Å². The van der Waals surface area contributed by atoms with E-state index in [-0.39, 0.29) is 0 Å². The molecule has 2 aliphatic rings. The lowest BCUT2D eigenvalue weighted by molar-refractivity contribution is -0.0711. The molecule has 0 aromatic heterocycles. The van der Waals surface area contributed by atoms with Gasteiger partial charge in [-0.25, -0.2) is 0 Å². The predicted octanol–water partition coefficient (Wildman–Crippen LogP) is 1.19. The fraction of sp³-hybridized carbons (Fsp3) is 1.00. The minimum Gasteiger partial charge on any atom is -0.379 e. The van der Waals surface area contributed by atoms with Crippen molar-refractivity contribution in [3.63, 3.8) is 0 Å². The lowest BCUT2D eigenvalue weighted by Gasteiger charge is -2.05. The Morgan fingerprint density at radius 3 is 2.47 bits per heavy atom. The van der Waals surface area contributed by atoms with Crippen LogP contribution in [0.15, 0.2) is 0 Å². The van der Waals surface area contributed by atoms with Crippen LogP contribution in [0.1, 0.15) is 19.3 Å².